The summed E-state index contributed by atoms with van der Waals surface area (Å²) in [5.41, 5.74) is 1.21. The SMILES string of the molecule is CCOc1cc(-c2ccc(OC(=O)c3cccs3)c(OC)c2)cc(=O)c2c(C)oc(C)c12. The first-order valence-electron chi connectivity index (χ1n) is 10.1. The Labute approximate surface area is 189 Å². The minimum absolute atomic E-state index is 0.164. The monoisotopic (exact) mass is 450 g/mol. The van der Waals surface area contributed by atoms with Crippen molar-refractivity contribution in [2.24, 2.45) is 0 Å². The zero-order valence-electron chi connectivity index (χ0n) is 18.2. The van der Waals surface area contributed by atoms with Gasteiger partial charge in [-0.25, -0.2) is 4.79 Å². The van der Waals surface area contributed by atoms with Gasteiger partial charge in [0.15, 0.2) is 16.9 Å². The molecule has 2 heterocycles. The molecule has 0 bridgehead atoms. The first-order chi connectivity index (χ1) is 15.4. The van der Waals surface area contributed by atoms with Crippen molar-refractivity contribution in [2.75, 3.05) is 13.7 Å². The fraction of sp³-hybridized carbons (Fsp3) is 0.200. The Hall–Kier alpha value is -3.58. The summed E-state index contributed by atoms with van der Waals surface area (Å²) >= 11 is 1.30. The number of carbonyl (C=O) groups is 1. The van der Waals surface area contributed by atoms with Gasteiger partial charge < -0.3 is 18.6 Å². The van der Waals surface area contributed by atoms with Crippen LogP contribution in [0.15, 0.2) is 57.1 Å². The molecule has 4 rings (SSSR count). The number of hydrogen-bond acceptors (Lipinski definition) is 7. The second-order valence-corrected chi connectivity index (χ2v) is 8.05. The van der Waals surface area contributed by atoms with E-state index in [0.717, 1.165) is 5.56 Å². The number of furan rings is 1. The smallest absolute Gasteiger partial charge is 0.353 e. The molecule has 0 radical (unpaired) electrons. The fourth-order valence-corrected chi connectivity index (χ4v) is 4.26. The Morgan fingerprint density at radius 2 is 1.72 bits per heavy atom. The molecule has 32 heavy (non-hydrogen) atoms. The number of rotatable bonds is 6. The molecule has 6 nitrogen and oxygen atoms in total. The summed E-state index contributed by atoms with van der Waals surface area (Å²) in [6, 6.07) is 12.0. The predicted molar refractivity (Wildman–Crippen MR) is 124 cm³/mol. The first kappa shape index (κ1) is 21.6. The maximum Gasteiger partial charge on any atom is 0.353 e. The molecule has 0 aliphatic rings. The van der Waals surface area contributed by atoms with Gasteiger partial charge >= 0.3 is 5.97 Å². The van der Waals surface area contributed by atoms with Crippen molar-refractivity contribution in [1.29, 1.82) is 0 Å². The van der Waals surface area contributed by atoms with E-state index >= 15 is 0 Å². The maximum absolute atomic E-state index is 13.0. The number of thiophene rings is 1. The van der Waals surface area contributed by atoms with Crippen molar-refractivity contribution in [3.63, 3.8) is 0 Å². The number of ether oxygens (including phenoxy) is 3. The van der Waals surface area contributed by atoms with Crippen molar-refractivity contribution < 1.29 is 23.4 Å². The molecule has 0 aliphatic heterocycles. The molecule has 0 aliphatic carbocycles. The standard InChI is InChI=1S/C25H22O6S/c1-5-29-21-13-17(11-18(26)23-14(2)30-15(3)24(21)23)16-8-9-19(20(12-16)28-4)31-25(27)22-7-6-10-32-22/h6-13H,5H2,1-4H3. The largest absolute Gasteiger partial charge is 0.493 e. The van der Waals surface area contributed by atoms with Crippen LogP contribution in [-0.2, 0) is 0 Å². The highest BCUT2D eigenvalue weighted by Gasteiger charge is 2.18. The number of hydrogen-bond donors (Lipinski definition) is 0. The molecule has 2 aromatic heterocycles. The van der Waals surface area contributed by atoms with Crippen LogP contribution in [0.2, 0.25) is 0 Å². The van der Waals surface area contributed by atoms with Crippen LogP contribution in [0.25, 0.3) is 21.9 Å². The van der Waals surface area contributed by atoms with Crippen LogP contribution >= 0.6 is 11.3 Å². The number of esters is 1. The van der Waals surface area contributed by atoms with Crippen LogP contribution in [-0.4, -0.2) is 19.7 Å². The van der Waals surface area contributed by atoms with E-state index in [-0.39, 0.29) is 5.43 Å². The molecule has 4 aromatic rings. The third-order valence-corrected chi connectivity index (χ3v) is 5.90. The topological polar surface area (TPSA) is 75.0 Å². The summed E-state index contributed by atoms with van der Waals surface area (Å²) in [5.74, 6) is 1.98. The zero-order chi connectivity index (χ0) is 22.8. The lowest BCUT2D eigenvalue weighted by Crippen LogP contribution is -2.07. The van der Waals surface area contributed by atoms with E-state index < -0.39 is 5.97 Å². The minimum atomic E-state index is -0.453. The van der Waals surface area contributed by atoms with E-state index in [4.69, 9.17) is 18.6 Å². The van der Waals surface area contributed by atoms with Gasteiger partial charge in [0.25, 0.3) is 0 Å². The molecule has 0 amide bonds. The van der Waals surface area contributed by atoms with Crippen molar-refractivity contribution in [3.8, 4) is 28.4 Å². The van der Waals surface area contributed by atoms with Crippen LogP contribution in [0.4, 0.5) is 0 Å². The van der Waals surface area contributed by atoms with E-state index in [1.807, 2.05) is 25.3 Å². The lowest BCUT2D eigenvalue weighted by atomic mass is 10.1. The van der Waals surface area contributed by atoms with E-state index in [1.54, 1.807) is 43.3 Å². The molecule has 164 valence electrons. The number of carbonyl (C=O) groups excluding carboxylic acids is 1. The molecule has 7 heteroatoms. The summed E-state index contributed by atoms with van der Waals surface area (Å²) in [6.07, 6.45) is 0. The van der Waals surface area contributed by atoms with E-state index in [1.165, 1.54) is 18.4 Å². The van der Waals surface area contributed by atoms with Gasteiger partial charge in [0.05, 0.1) is 24.5 Å². The van der Waals surface area contributed by atoms with E-state index in [0.29, 0.717) is 56.6 Å². The quantitative estimate of drug-likeness (QED) is 0.274. The lowest BCUT2D eigenvalue weighted by molar-refractivity contribution is 0.0735. The average molecular weight is 451 g/mol. The first-order valence-corrected chi connectivity index (χ1v) is 11.0. The summed E-state index contributed by atoms with van der Waals surface area (Å²) in [5, 5.41) is 2.99. The summed E-state index contributed by atoms with van der Waals surface area (Å²) in [4.78, 5) is 25.9. The minimum Gasteiger partial charge on any atom is -0.493 e. The fourth-order valence-electron chi connectivity index (χ4n) is 3.66. The van der Waals surface area contributed by atoms with Crippen LogP contribution < -0.4 is 19.6 Å². The Bertz CT molecular complexity index is 1350. The Balaban J connectivity index is 1.82. The number of fused-ring (bicyclic) bond motifs is 1. The molecule has 0 N–H and O–H groups in total. The van der Waals surface area contributed by atoms with Gasteiger partial charge in [-0.15, -0.1) is 11.3 Å². The van der Waals surface area contributed by atoms with Crippen molar-refractivity contribution in [3.05, 3.63) is 74.5 Å². The second-order valence-electron chi connectivity index (χ2n) is 7.10. The van der Waals surface area contributed by atoms with Gasteiger partial charge in [-0.2, -0.15) is 0 Å². The normalized spacial score (nSPS) is 10.9. The highest BCUT2D eigenvalue weighted by Crippen LogP contribution is 2.36. The highest BCUT2D eigenvalue weighted by atomic mass is 32.1. The molecule has 0 fully saturated rings. The molecule has 0 saturated heterocycles. The third kappa shape index (κ3) is 3.99. The molecule has 0 unspecified atom stereocenters. The van der Waals surface area contributed by atoms with Gasteiger partial charge in [0.2, 0.25) is 0 Å². The van der Waals surface area contributed by atoms with Crippen LogP contribution in [0.1, 0.15) is 28.1 Å². The van der Waals surface area contributed by atoms with Gasteiger partial charge in [-0.1, -0.05) is 12.1 Å². The van der Waals surface area contributed by atoms with Crippen LogP contribution in [0.3, 0.4) is 0 Å². The third-order valence-electron chi connectivity index (χ3n) is 5.05. The molecule has 0 spiro atoms. The predicted octanol–water partition coefficient (Wildman–Crippen LogP) is 5.76. The highest BCUT2D eigenvalue weighted by molar-refractivity contribution is 7.12. The van der Waals surface area contributed by atoms with Gasteiger partial charge in [-0.3, -0.25) is 4.79 Å². The van der Waals surface area contributed by atoms with Gasteiger partial charge in [-0.05, 0) is 67.6 Å². The van der Waals surface area contributed by atoms with Crippen molar-refractivity contribution >= 4 is 28.1 Å². The average Bonchev–Trinajstić information content (AvgIpc) is 3.37. The van der Waals surface area contributed by atoms with Gasteiger partial charge in [0.1, 0.15) is 22.1 Å². The molecule has 0 saturated carbocycles. The summed E-state index contributed by atoms with van der Waals surface area (Å²) in [7, 11) is 1.50. The molecular weight excluding hydrogens is 428 g/mol. The van der Waals surface area contributed by atoms with Crippen molar-refractivity contribution in [2.45, 2.75) is 20.8 Å². The Morgan fingerprint density at radius 1 is 0.969 bits per heavy atom. The van der Waals surface area contributed by atoms with Gasteiger partial charge in [0, 0.05) is 0 Å². The second kappa shape index (κ2) is 8.88. The molecule has 2 aromatic carbocycles. The molecular formula is C25H22O6S. The zero-order valence-corrected chi connectivity index (χ0v) is 19.0. The molecule has 0 atom stereocenters. The van der Waals surface area contributed by atoms with Crippen LogP contribution in [0.5, 0.6) is 17.2 Å². The number of aryl methyl sites for hydroxylation is 2. The van der Waals surface area contributed by atoms with E-state index in [9.17, 15) is 9.59 Å². The Kier molecular flexibility index (Phi) is 6.01. The van der Waals surface area contributed by atoms with E-state index in [2.05, 4.69) is 0 Å². The Morgan fingerprint density at radius 3 is 2.41 bits per heavy atom. The summed E-state index contributed by atoms with van der Waals surface area (Å²) in [6.45, 7) is 5.92. The van der Waals surface area contributed by atoms with Crippen LogP contribution in [0, 0.1) is 13.8 Å². The maximum atomic E-state index is 13.0. The van der Waals surface area contributed by atoms with Crippen molar-refractivity contribution in [1.82, 2.24) is 0 Å². The number of methoxy groups -OCH3 is 1. The number of benzene rings is 1. The lowest BCUT2D eigenvalue weighted by Gasteiger charge is -2.11. The summed E-state index contributed by atoms with van der Waals surface area (Å²) < 4.78 is 22.5.